The van der Waals surface area contributed by atoms with Crippen molar-refractivity contribution in [3.05, 3.63) is 0 Å². The Labute approximate surface area is 95.1 Å². The molecule has 0 spiro atoms. The number of carbonyl (C=O) groups is 2. The lowest BCUT2D eigenvalue weighted by Gasteiger charge is -2.27. The Hall–Kier alpha value is -1.10. The Balaban J connectivity index is 1.77. The SMILES string of the molecule is NC1CCC(NC(=O)C2CNC(=O)C2)CC1. The van der Waals surface area contributed by atoms with Crippen molar-refractivity contribution < 1.29 is 9.59 Å². The van der Waals surface area contributed by atoms with E-state index in [0.717, 1.165) is 25.7 Å². The number of amides is 2. The highest BCUT2D eigenvalue weighted by atomic mass is 16.2. The van der Waals surface area contributed by atoms with Crippen LogP contribution in [0.5, 0.6) is 0 Å². The van der Waals surface area contributed by atoms with Crippen LogP contribution in [-0.4, -0.2) is 30.4 Å². The molecule has 1 saturated heterocycles. The van der Waals surface area contributed by atoms with Crippen LogP contribution >= 0.6 is 0 Å². The zero-order chi connectivity index (χ0) is 11.5. The third-order valence-electron chi connectivity index (χ3n) is 3.47. The summed E-state index contributed by atoms with van der Waals surface area (Å²) in [6.07, 6.45) is 4.21. The van der Waals surface area contributed by atoms with E-state index >= 15 is 0 Å². The fraction of sp³-hybridized carbons (Fsp3) is 0.818. The lowest BCUT2D eigenvalue weighted by molar-refractivity contribution is -0.127. The van der Waals surface area contributed by atoms with E-state index in [0.29, 0.717) is 19.0 Å². The maximum Gasteiger partial charge on any atom is 0.225 e. The molecule has 1 unspecified atom stereocenters. The van der Waals surface area contributed by atoms with E-state index in [1.165, 1.54) is 0 Å². The molecule has 16 heavy (non-hydrogen) atoms. The monoisotopic (exact) mass is 225 g/mol. The Kier molecular flexibility index (Phi) is 3.43. The molecule has 1 atom stereocenters. The maximum atomic E-state index is 11.8. The number of hydrogen-bond donors (Lipinski definition) is 3. The van der Waals surface area contributed by atoms with Gasteiger partial charge in [-0.3, -0.25) is 9.59 Å². The van der Waals surface area contributed by atoms with Gasteiger partial charge in [-0.25, -0.2) is 0 Å². The second-order valence-corrected chi connectivity index (χ2v) is 4.83. The lowest BCUT2D eigenvalue weighted by atomic mass is 9.91. The predicted octanol–water partition coefficient (Wildman–Crippen LogP) is -0.491. The van der Waals surface area contributed by atoms with Crippen LogP contribution in [0.2, 0.25) is 0 Å². The van der Waals surface area contributed by atoms with Gasteiger partial charge in [0.1, 0.15) is 0 Å². The Morgan fingerprint density at radius 2 is 2.00 bits per heavy atom. The standard InChI is InChI=1S/C11H19N3O2/c12-8-1-3-9(4-2-8)14-11(16)7-5-10(15)13-6-7/h7-9H,1-6,12H2,(H,13,15)(H,14,16). The van der Waals surface area contributed by atoms with E-state index in [9.17, 15) is 9.59 Å². The summed E-state index contributed by atoms with van der Waals surface area (Å²) in [5.41, 5.74) is 5.80. The first-order valence-electron chi connectivity index (χ1n) is 5.98. The molecule has 0 radical (unpaired) electrons. The molecule has 1 aliphatic carbocycles. The number of hydrogen-bond acceptors (Lipinski definition) is 3. The topological polar surface area (TPSA) is 84.2 Å². The van der Waals surface area contributed by atoms with E-state index in [-0.39, 0.29) is 23.8 Å². The number of nitrogens with two attached hydrogens (primary N) is 1. The summed E-state index contributed by atoms with van der Waals surface area (Å²) in [6.45, 7) is 0.483. The highest BCUT2D eigenvalue weighted by molar-refractivity contribution is 5.89. The van der Waals surface area contributed by atoms with Gasteiger partial charge in [0.25, 0.3) is 0 Å². The number of nitrogens with one attached hydrogen (secondary N) is 2. The number of rotatable bonds is 2. The second-order valence-electron chi connectivity index (χ2n) is 4.83. The highest BCUT2D eigenvalue weighted by Gasteiger charge is 2.29. The largest absolute Gasteiger partial charge is 0.355 e. The Morgan fingerprint density at radius 1 is 1.31 bits per heavy atom. The van der Waals surface area contributed by atoms with Crippen molar-refractivity contribution >= 4 is 11.8 Å². The van der Waals surface area contributed by atoms with Crippen molar-refractivity contribution in [3.63, 3.8) is 0 Å². The zero-order valence-corrected chi connectivity index (χ0v) is 9.37. The van der Waals surface area contributed by atoms with Crippen molar-refractivity contribution in [3.8, 4) is 0 Å². The third-order valence-corrected chi connectivity index (χ3v) is 3.47. The highest BCUT2D eigenvalue weighted by Crippen LogP contribution is 2.18. The van der Waals surface area contributed by atoms with Crippen LogP contribution in [0.15, 0.2) is 0 Å². The smallest absolute Gasteiger partial charge is 0.225 e. The first-order valence-corrected chi connectivity index (χ1v) is 5.98. The molecular weight excluding hydrogens is 206 g/mol. The van der Waals surface area contributed by atoms with E-state index in [1.807, 2.05) is 0 Å². The summed E-state index contributed by atoms with van der Waals surface area (Å²) in [5, 5.41) is 5.69. The van der Waals surface area contributed by atoms with Crippen molar-refractivity contribution in [1.82, 2.24) is 10.6 Å². The van der Waals surface area contributed by atoms with Crippen molar-refractivity contribution in [1.29, 1.82) is 0 Å². The van der Waals surface area contributed by atoms with Crippen molar-refractivity contribution in [2.45, 2.75) is 44.2 Å². The van der Waals surface area contributed by atoms with Gasteiger partial charge in [0, 0.05) is 25.0 Å². The van der Waals surface area contributed by atoms with E-state index in [1.54, 1.807) is 0 Å². The van der Waals surface area contributed by atoms with Crippen LogP contribution in [0.4, 0.5) is 0 Å². The number of carbonyl (C=O) groups excluding carboxylic acids is 2. The van der Waals surface area contributed by atoms with Crippen molar-refractivity contribution in [2.24, 2.45) is 11.7 Å². The first kappa shape index (κ1) is 11.4. The Bertz CT molecular complexity index is 285. The molecule has 0 aromatic heterocycles. The van der Waals surface area contributed by atoms with Gasteiger partial charge >= 0.3 is 0 Å². The zero-order valence-electron chi connectivity index (χ0n) is 9.37. The molecule has 2 amide bonds. The maximum absolute atomic E-state index is 11.8. The van der Waals surface area contributed by atoms with Gasteiger partial charge in [0.2, 0.25) is 11.8 Å². The molecule has 0 aromatic carbocycles. The molecule has 2 aliphatic rings. The van der Waals surface area contributed by atoms with Gasteiger partial charge in [-0.05, 0) is 25.7 Å². The molecule has 1 aliphatic heterocycles. The van der Waals surface area contributed by atoms with Crippen LogP contribution in [0.3, 0.4) is 0 Å². The summed E-state index contributed by atoms with van der Waals surface area (Å²) in [4.78, 5) is 22.8. The molecule has 90 valence electrons. The average Bonchev–Trinajstić information content (AvgIpc) is 2.68. The van der Waals surface area contributed by atoms with E-state index in [4.69, 9.17) is 5.73 Å². The fourth-order valence-electron chi connectivity index (χ4n) is 2.37. The molecular formula is C11H19N3O2. The van der Waals surface area contributed by atoms with Gasteiger partial charge in [0.05, 0.1) is 5.92 Å². The van der Waals surface area contributed by atoms with Crippen LogP contribution in [0.1, 0.15) is 32.1 Å². The summed E-state index contributed by atoms with van der Waals surface area (Å²) in [7, 11) is 0. The van der Waals surface area contributed by atoms with Crippen LogP contribution in [0, 0.1) is 5.92 Å². The molecule has 0 aromatic rings. The Morgan fingerprint density at radius 3 is 2.56 bits per heavy atom. The summed E-state index contributed by atoms with van der Waals surface area (Å²) in [5.74, 6) is -0.187. The van der Waals surface area contributed by atoms with Gasteiger partial charge < -0.3 is 16.4 Å². The van der Waals surface area contributed by atoms with Gasteiger partial charge in [-0.2, -0.15) is 0 Å². The molecule has 5 nitrogen and oxygen atoms in total. The predicted molar refractivity (Wildman–Crippen MR) is 59.5 cm³/mol. The molecule has 1 heterocycles. The molecule has 1 saturated carbocycles. The molecule has 2 fully saturated rings. The minimum atomic E-state index is -0.178. The average molecular weight is 225 g/mol. The van der Waals surface area contributed by atoms with Gasteiger partial charge in [-0.1, -0.05) is 0 Å². The van der Waals surface area contributed by atoms with Crippen LogP contribution in [0.25, 0.3) is 0 Å². The third kappa shape index (κ3) is 2.72. The van der Waals surface area contributed by atoms with E-state index < -0.39 is 0 Å². The molecule has 0 bridgehead atoms. The minimum absolute atomic E-state index is 0.0128. The molecule has 2 rings (SSSR count). The summed E-state index contributed by atoms with van der Waals surface area (Å²) in [6, 6.07) is 0.547. The summed E-state index contributed by atoms with van der Waals surface area (Å²) >= 11 is 0. The van der Waals surface area contributed by atoms with Crippen LogP contribution < -0.4 is 16.4 Å². The van der Waals surface area contributed by atoms with Gasteiger partial charge in [0.15, 0.2) is 0 Å². The molecule has 4 N–H and O–H groups in total. The van der Waals surface area contributed by atoms with Gasteiger partial charge in [-0.15, -0.1) is 0 Å². The first-order chi connectivity index (χ1) is 7.65. The minimum Gasteiger partial charge on any atom is -0.355 e. The second kappa shape index (κ2) is 4.82. The molecule has 5 heteroatoms. The fourth-order valence-corrected chi connectivity index (χ4v) is 2.37. The van der Waals surface area contributed by atoms with Crippen molar-refractivity contribution in [2.75, 3.05) is 6.54 Å². The lowest BCUT2D eigenvalue weighted by Crippen LogP contribution is -2.43. The normalized spacial score (nSPS) is 34.6. The quantitative estimate of drug-likeness (QED) is 0.593. The summed E-state index contributed by atoms with van der Waals surface area (Å²) < 4.78 is 0. The van der Waals surface area contributed by atoms with E-state index in [2.05, 4.69) is 10.6 Å². The van der Waals surface area contributed by atoms with Crippen LogP contribution in [-0.2, 0) is 9.59 Å².